The van der Waals surface area contributed by atoms with Crippen molar-refractivity contribution in [3.8, 4) is 0 Å². The average Bonchev–Trinajstić information content (AvgIpc) is 2.41. The molecule has 1 aliphatic carbocycles. The Hall–Kier alpha value is -1.43. The molecule has 1 aliphatic rings. The maximum Gasteiger partial charge on any atom is 0.238 e. The van der Waals surface area contributed by atoms with Crippen molar-refractivity contribution >= 4 is 29.4 Å². The van der Waals surface area contributed by atoms with Gasteiger partial charge in [0.1, 0.15) is 0 Å². The second-order valence-electron chi connectivity index (χ2n) is 7.65. The van der Waals surface area contributed by atoms with E-state index in [9.17, 15) is 4.79 Å². The van der Waals surface area contributed by atoms with E-state index in [0.29, 0.717) is 35.8 Å². The van der Waals surface area contributed by atoms with Crippen LogP contribution in [0.2, 0.25) is 5.28 Å². The summed E-state index contributed by atoms with van der Waals surface area (Å²) in [6, 6.07) is 0.298. The Labute approximate surface area is 149 Å². The van der Waals surface area contributed by atoms with E-state index < -0.39 is 0 Å². The normalized spacial score (nSPS) is 22.9. The number of carbonyl (C=O) groups is 1. The second kappa shape index (κ2) is 7.64. The van der Waals surface area contributed by atoms with E-state index in [2.05, 4.69) is 41.0 Å². The minimum absolute atomic E-state index is 0.0995. The van der Waals surface area contributed by atoms with Crippen molar-refractivity contribution in [2.75, 3.05) is 16.8 Å². The van der Waals surface area contributed by atoms with Crippen molar-refractivity contribution in [1.82, 2.24) is 15.0 Å². The van der Waals surface area contributed by atoms with E-state index in [1.54, 1.807) is 0 Å². The van der Waals surface area contributed by atoms with Gasteiger partial charge in [0.2, 0.25) is 23.1 Å². The molecule has 1 fully saturated rings. The van der Waals surface area contributed by atoms with E-state index in [0.717, 1.165) is 19.3 Å². The highest BCUT2D eigenvalue weighted by Gasteiger charge is 2.32. The third-order valence-electron chi connectivity index (χ3n) is 4.39. The van der Waals surface area contributed by atoms with Gasteiger partial charge in [0, 0.05) is 19.5 Å². The molecule has 1 amide bonds. The van der Waals surface area contributed by atoms with Crippen molar-refractivity contribution in [1.29, 1.82) is 0 Å². The summed E-state index contributed by atoms with van der Waals surface area (Å²) in [5.41, 5.74) is 0.294. The Balaban J connectivity index is 2.20. The van der Waals surface area contributed by atoms with Gasteiger partial charge in [-0.05, 0) is 48.6 Å². The molecule has 0 aromatic carbocycles. The molecule has 0 aliphatic heterocycles. The summed E-state index contributed by atoms with van der Waals surface area (Å²) >= 11 is 6.06. The summed E-state index contributed by atoms with van der Waals surface area (Å²) in [6.45, 7) is 10.9. The second-order valence-corrected chi connectivity index (χ2v) is 7.99. The minimum atomic E-state index is -0.0995. The van der Waals surface area contributed by atoms with Crippen LogP contribution in [0.3, 0.4) is 0 Å². The molecule has 134 valence electrons. The Bertz CT molecular complexity index is 592. The monoisotopic (exact) mass is 353 g/mol. The number of hydrogen-bond donors (Lipinski definition) is 1. The summed E-state index contributed by atoms with van der Waals surface area (Å²) in [7, 11) is 0. The fourth-order valence-electron chi connectivity index (χ4n) is 3.79. The molecular weight excluding hydrogens is 326 g/mol. The summed E-state index contributed by atoms with van der Waals surface area (Å²) in [5.74, 6) is 1.31. The minimum Gasteiger partial charge on any atom is -0.351 e. The first-order valence-electron chi connectivity index (χ1n) is 8.66. The lowest BCUT2D eigenvalue weighted by Gasteiger charge is -2.39. The number of anilines is 2. The number of rotatable bonds is 5. The number of nitrogens with zero attached hydrogens (tertiary/aromatic N) is 4. The van der Waals surface area contributed by atoms with E-state index in [4.69, 9.17) is 11.6 Å². The van der Waals surface area contributed by atoms with Gasteiger partial charge in [-0.3, -0.25) is 9.69 Å². The first-order chi connectivity index (χ1) is 11.2. The van der Waals surface area contributed by atoms with Gasteiger partial charge in [0.15, 0.2) is 0 Å². The number of aromatic nitrogens is 3. The first kappa shape index (κ1) is 18.9. The lowest BCUT2D eigenvalue weighted by Crippen LogP contribution is -2.36. The topological polar surface area (TPSA) is 71.0 Å². The van der Waals surface area contributed by atoms with E-state index in [1.165, 1.54) is 18.2 Å². The number of nitrogens with one attached hydrogen (secondary N) is 1. The SMILES string of the molecule is CCCN(C(C)=O)c1nc(Cl)nc(NC2CC(C)CC(C)(C)C2)n1. The summed E-state index contributed by atoms with van der Waals surface area (Å²) in [4.78, 5) is 26.1. The highest BCUT2D eigenvalue weighted by molar-refractivity contribution is 6.28. The van der Waals surface area contributed by atoms with E-state index in [-0.39, 0.29) is 11.2 Å². The van der Waals surface area contributed by atoms with Crippen molar-refractivity contribution < 1.29 is 4.79 Å². The van der Waals surface area contributed by atoms with Crippen LogP contribution in [-0.4, -0.2) is 33.4 Å². The van der Waals surface area contributed by atoms with Crippen molar-refractivity contribution in [3.05, 3.63) is 5.28 Å². The molecule has 1 aromatic rings. The number of carbonyl (C=O) groups excluding carboxylic acids is 1. The lowest BCUT2D eigenvalue weighted by atomic mass is 9.71. The van der Waals surface area contributed by atoms with Crippen LogP contribution in [0, 0.1) is 11.3 Å². The third-order valence-corrected chi connectivity index (χ3v) is 4.55. The summed E-state index contributed by atoms with van der Waals surface area (Å²) in [6.07, 6.45) is 4.18. The molecule has 2 rings (SSSR count). The van der Waals surface area contributed by atoms with E-state index in [1.807, 2.05) is 6.92 Å². The van der Waals surface area contributed by atoms with Crippen LogP contribution in [0.15, 0.2) is 0 Å². The van der Waals surface area contributed by atoms with Crippen LogP contribution >= 0.6 is 11.6 Å². The fraction of sp³-hybridized carbons (Fsp3) is 0.765. The molecule has 2 unspecified atom stereocenters. The molecule has 0 saturated heterocycles. The third kappa shape index (κ3) is 5.03. The molecule has 0 bridgehead atoms. The van der Waals surface area contributed by atoms with Crippen LogP contribution in [0.25, 0.3) is 0 Å². The van der Waals surface area contributed by atoms with Gasteiger partial charge < -0.3 is 5.32 Å². The smallest absolute Gasteiger partial charge is 0.238 e. The van der Waals surface area contributed by atoms with Gasteiger partial charge in [-0.1, -0.05) is 27.7 Å². The van der Waals surface area contributed by atoms with Gasteiger partial charge in [-0.2, -0.15) is 15.0 Å². The molecule has 0 radical (unpaired) electrons. The number of amides is 1. The zero-order valence-corrected chi connectivity index (χ0v) is 16.0. The molecule has 1 heterocycles. The van der Waals surface area contributed by atoms with Crippen LogP contribution < -0.4 is 10.2 Å². The van der Waals surface area contributed by atoms with Gasteiger partial charge in [0.25, 0.3) is 0 Å². The van der Waals surface area contributed by atoms with Gasteiger partial charge >= 0.3 is 0 Å². The van der Waals surface area contributed by atoms with E-state index >= 15 is 0 Å². The molecule has 0 spiro atoms. The Morgan fingerprint density at radius 2 is 2.04 bits per heavy atom. The Kier molecular flexibility index (Phi) is 6.01. The van der Waals surface area contributed by atoms with Crippen LogP contribution in [0.4, 0.5) is 11.9 Å². The molecule has 6 nitrogen and oxygen atoms in total. The quantitative estimate of drug-likeness (QED) is 0.868. The molecule has 24 heavy (non-hydrogen) atoms. The number of halogens is 1. The zero-order chi connectivity index (χ0) is 17.9. The van der Waals surface area contributed by atoms with Crippen molar-refractivity contribution in [2.45, 2.75) is 66.3 Å². The largest absolute Gasteiger partial charge is 0.351 e. The number of hydrogen-bond acceptors (Lipinski definition) is 5. The zero-order valence-electron chi connectivity index (χ0n) is 15.3. The van der Waals surface area contributed by atoms with Crippen LogP contribution in [-0.2, 0) is 4.79 Å². The predicted octanol–water partition coefficient (Wildman–Crippen LogP) is 3.91. The molecular formula is C17H28ClN5O. The standard InChI is InChI=1S/C17H28ClN5O/c1-6-7-23(12(3)24)16-21-14(18)20-15(22-16)19-13-8-11(2)9-17(4,5)10-13/h11,13H,6-10H2,1-5H3,(H,19,20,21,22). The van der Waals surface area contributed by atoms with Gasteiger partial charge in [0.05, 0.1) is 0 Å². The summed E-state index contributed by atoms with van der Waals surface area (Å²) < 4.78 is 0. The highest BCUT2D eigenvalue weighted by Crippen LogP contribution is 2.39. The maximum atomic E-state index is 11.8. The highest BCUT2D eigenvalue weighted by atomic mass is 35.5. The first-order valence-corrected chi connectivity index (χ1v) is 9.04. The molecule has 1 aromatic heterocycles. The predicted molar refractivity (Wildman–Crippen MR) is 97.4 cm³/mol. The van der Waals surface area contributed by atoms with Crippen LogP contribution in [0.5, 0.6) is 0 Å². The molecule has 1 saturated carbocycles. The maximum absolute atomic E-state index is 11.8. The molecule has 7 heteroatoms. The van der Waals surface area contributed by atoms with Crippen LogP contribution in [0.1, 0.15) is 60.3 Å². The Morgan fingerprint density at radius 3 is 2.62 bits per heavy atom. The van der Waals surface area contributed by atoms with Gasteiger partial charge in [-0.25, -0.2) is 0 Å². The molecule has 2 atom stereocenters. The Morgan fingerprint density at radius 1 is 1.33 bits per heavy atom. The van der Waals surface area contributed by atoms with Crippen molar-refractivity contribution in [3.63, 3.8) is 0 Å². The van der Waals surface area contributed by atoms with Crippen molar-refractivity contribution in [2.24, 2.45) is 11.3 Å². The van der Waals surface area contributed by atoms with Gasteiger partial charge in [-0.15, -0.1) is 0 Å². The average molecular weight is 354 g/mol. The fourth-order valence-corrected chi connectivity index (χ4v) is 3.94. The lowest BCUT2D eigenvalue weighted by molar-refractivity contribution is -0.116. The summed E-state index contributed by atoms with van der Waals surface area (Å²) in [5, 5.41) is 3.50. The molecule has 1 N–H and O–H groups in total.